The number of hydrogen-bond acceptors (Lipinski definition) is 2. The Kier molecular flexibility index (Phi) is 4.51. The molecule has 0 radical (unpaired) electrons. The maximum atomic E-state index is 6.23. The third-order valence-electron chi connectivity index (χ3n) is 3.85. The van der Waals surface area contributed by atoms with Crippen molar-refractivity contribution in [2.45, 2.75) is 13.0 Å². The summed E-state index contributed by atoms with van der Waals surface area (Å²) in [4.78, 5) is 2.19. The molecule has 0 spiro atoms. The molecule has 0 atom stereocenters. The molecule has 114 valence electrons. The van der Waals surface area contributed by atoms with Crippen LogP contribution < -0.4 is 4.74 Å². The van der Waals surface area contributed by atoms with E-state index in [0.717, 1.165) is 29.3 Å². The molecule has 2 nitrogen and oxygen atoms in total. The summed E-state index contributed by atoms with van der Waals surface area (Å²) in [5.41, 5.74) is 4.71. The van der Waals surface area contributed by atoms with E-state index in [1.165, 1.54) is 16.7 Å². The normalized spacial score (nSPS) is 15.2. The van der Waals surface area contributed by atoms with Gasteiger partial charge in [-0.05, 0) is 55.4 Å². The fraction of sp³-hybridized carbons (Fsp3) is 0.263. The molecule has 2 aromatic rings. The molecule has 0 aliphatic carbocycles. The van der Waals surface area contributed by atoms with Gasteiger partial charge in [-0.15, -0.1) is 0 Å². The number of fused-ring (bicyclic) bond motifs is 2. The summed E-state index contributed by atoms with van der Waals surface area (Å²) in [7, 11) is 4.18. The Balaban J connectivity index is 2.10. The van der Waals surface area contributed by atoms with Gasteiger partial charge in [0.25, 0.3) is 0 Å². The highest BCUT2D eigenvalue weighted by Crippen LogP contribution is 2.37. The van der Waals surface area contributed by atoms with Crippen LogP contribution in [-0.2, 0) is 6.61 Å². The molecular formula is C19H20ClNO. The van der Waals surface area contributed by atoms with Crippen LogP contribution in [0.2, 0.25) is 5.02 Å². The van der Waals surface area contributed by atoms with E-state index in [1.807, 2.05) is 24.3 Å². The molecule has 3 heteroatoms. The molecule has 1 aliphatic rings. The fourth-order valence-electron chi connectivity index (χ4n) is 2.73. The van der Waals surface area contributed by atoms with Gasteiger partial charge in [0, 0.05) is 17.1 Å². The zero-order valence-electron chi connectivity index (χ0n) is 13.0. The number of para-hydroxylation sites is 1. The maximum Gasteiger partial charge on any atom is 0.127 e. The molecule has 0 unspecified atom stereocenters. The zero-order chi connectivity index (χ0) is 15.5. The monoisotopic (exact) mass is 313 g/mol. The van der Waals surface area contributed by atoms with Crippen molar-refractivity contribution >= 4 is 17.2 Å². The molecule has 1 heterocycles. The minimum Gasteiger partial charge on any atom is -0.488 e. The molecule has 3 rings (SSSR count). The number of halogens is 1. The fourth-order valence-corrected chi connectivity index (χ4v) is 2.90. The number of benzene rings is 2. The van der Waals surface area contributed by atoms with Gasteiger partial charge < -0.3 is 9.64 Å². The second kappa shape index (κ2) is 6.55. The van der Waals surface area contributed by atoms with Crippen molar-refractivity contribution in [2.75, 3.05) is 20.6 Å². The van der Waals surface area contributed by atoms with Crippen LogP contribution in [0, 0.1) is 0 Å². The van der Waals surface area contributed by atoms with Gasteiger partial charge in [0.1, 0.15) is 12.4 Å². The van der Waals surface area contributed by atoms with Gasteiger partial charge in [-0.1, -0.05) is 41.9 Å². The Morgan fingerprint density at radius 1 is 1.14 bits per heavy atom. The maximum absolute atomic E-state index is 6.23. The van der Waals surface area contributed by atoms with Crippen LogP contribution in [0.5, 0.6) is 5.75 Å². The Hall–Kier alpha value is -1.77. The van der Waals surface area contributed by atoms with Crippen molar-refractivity contribution in [1.82, 2.24) is 4.90 Å². The van der Waals surface area contributed by atoms with Crippen LogP contribution in [0.1, 0.15) is 23.1 Å². The molecule has 0 saturated carbocycles. The quantitative estimate of drug-likeness (QED) is 0.820. The van der Waals surface area contributed by atoms with Crippen LogP contribution >= 0.6 is 11.6 Å². The van der Waals surface area contributed by atoms with Gasteiger partial charge in [-0.3, -0.25) is 0 Å². The Bertz CT molecular complexity index is 706. The van der Waals surface area contributed by atoms with Crippen molar-refractivity contribution in [3.05, 3.63) is 70.3 Å². The Labute approximate surface area is 137 Å². The standard InChI is InChI=1S/C19H20ClNO/c1-21(2)11-5-7-16-17-6-3-4-8-19(17)22-13-14-9-10-15(20)12-18(14)16/h3-4,6-10,12H,5,11,13H2,1-2H3/b16-7+. The van der Waals surface area contributed by atoms with Crippen molar-refractivity contribution in [1.29, 1.82) is 0 Å². The third-order valence-corrected chi connectivity index (χ3v) is 4.08. The van der Waals surface area contributed by atoms with Crippen LogP contribution in [0.15, 0.2) is 48.5 Å². The van der Waals surface area contributed by atoms with Crippen LogP contribution in [0.4, 0.5) is 0 Å². The first-order valence-corrected chi connectivity index (χ1v) is 7.89. The predicted molar refractivity (Wildman–Crippen MR) is 92.5 cm³/mol. The van der Waals surface area contributed by atoms with Crippen LogP contribution in [-0.4, -0.2) is 25.5 Å². The van der Waals surface area contributed by atoms with E-state index in [4.69, 9.17) is 16.3 Å². The molecule has 0 N–H and O–H groups in total. The smallest absolute Gasteiger partial charge is 0.127 e. The minimum atomic E-state index is 0.578. The first-order chi connectivity index (χ1) is 10.6. The topological polar surface area (TPSA) is 12.5 Å². The molecule has 0 amide bonds. The van der Waals surface area contributed by atoms with Crippen LogP contribution in [0.25, 0.3) is 5.57 Å². The van der Waals surface area contributed by atoms with E-state index in [1.54, 1.807) is 0 Å². The highest BCUT2D eigenvalue weighted by atomic mass is 35.5. The van der Waals surface area contributed by atoms with E-state index in [9.17, 15) is 0 Å². The minimum absolute atomic E-state index is 0.578. The van der Waals surface area contributed by atoms with E-state index < -0.39 is 0 Å². The van der Waals surface area contributed by atoms with E-state index in [0.29, 0.717) is 6.61 Å². The molecule has 1 aliphatic heterocycles. The lowest BCUT2D eigenvalue weighted by Crippen LogP contribution is -2.12. The van der Waals surface area contributed by atoms with E-state index in [-0.39, 0.29) is 0 Å². The van der Waals surface area contributed by atoms with Crippen molar-refractivity contribution < 1.29 is 4.74 Å². The van der Waals surface area contributed by atoms with Gasteiger partial charge in [-0.25, -0.2) is 0 Å². The Morgan fingerprint density at radius 2 is 1.95 bits per heavy atom. The largest absolute Gasteiger partial charge is 0.488 e. The Morgan fingerprint density at radius 3 is 2.77 bits per heavy atom. The molecule has 22 heavy (non-hydrogen) atoms. The molecule has 2 aromatic carbocycles. The number of hydrogen-bond donors (Lipinski definition) is 0. The highest BCUT2D eigenvalue weighted by Gasteiger charge is 2.18. The lowest BCUT2D eigenvalue weighted by atomic mass is 9.93. The molecule has 0 fully saturated rings. The van der Waals surface area contributed by atoms with E-state index >= 15 is 0 Å². The summed E-state index contributed by atoms with van der Waals surface area (Å²) >= 11 is 6.23. The summed E-state index contributed by atoms with van der Waals surface area (Å²) in [6.07, 6.45) is 3.28. The van der Waals surface area contributed by atoms with Crippen molar-refractivity contribution in [3.63, 3.8) is 0 Å². The summed E-state index contributed by atoms with van der Waals surface area (Å²) in [6, 6.07) is 14.2. The van der Waals surface area contributed by atoms with Gasteiger partial charge in [0.15, 0.2) is 0 Å². The van der Waals surface area contributed by atoms with E-state index in [2.05, 4.69) is 43.3 Å². The third kappa shape index (κ3) is 3.18. The highest BCUT2D eigenvalue weighted by molar-refractivity contribution is 6.30. The predicted octanol–water partition coefficient (Wildman–Crippen LogP) is 4.62. The molecule has 0 bridgehead atoms. The molecule has 0 aromatic heterocycles. The summed E-state index contributed by atoms with van der Waals surface area (Å²) in [5.74, 6) is 0.936. The van der Waals surface area contributed by atoms with Crippen LogP contribution in [0.3, 0.4) is 0 Å². The van der Waals surface area contributed by atoms with Crippen molar-refractivity contribution in [2.24, 2.45) is 0 Å². The molecule has 0 saturated heterocycles. The van der Waals surface area contributed by atoms with Gasteiger partial charge in [0.2, 0.25) is 0 Å². The summed E-state index contributed by atoms with van der Waals surface area (Å²) in [5, 5.41) is 0.761. The SMILES string of the molecule is CN(C)CC/C=C1/c2cc(Cl)ccc2COc2ccccc21. The average molecular weight is 314 g/mol. The number of rotatable bonds is 3. The second-order valence-electron chi connectivity index (χ2n) is 5.80. The van der Waals surface area contributed by atoms with Crippen molar-refractivity contribution in [3.8, 4) is 5.75 Å². The number of nitrogens with zero attached hydrogens (tertiary/aromatic N) is 1. The van der Waals surface area contributed by atoms with Gasteiger partial charge >= 0.3 is 0 Å². The summed E-state index contributed by atoms with van der Waals surface area (Å²) in [6.45, 7) is 1.59. The molecular weight excluding hydrogens is 294 g/mol. The van der Waals surface area contributed by atoms with Gasteiger partial charge in [0.05, 0.1) is 0 Å². The first kappa shape index (κ1) is 15.1. The van der Waals surface area contributed by atoms with Gasteiger partial charge in [-0.2, -0.15) is 0 Å². The lowest BCUT2D eigenvalue weighted by molar-refractivity contribution is 0.307. The summed E-state index contributed by atoms with van der Waals surface area (Å²) < 4.78 is 5.98. The first-order valence-electron chi connectivity index (χ1n) is 7.51. The second-order valence-corrected chi connectivity index (χ2v) is 6.23. The lowest BCUT2D eigenvalue weighted by Gasteiger charge is -2.12. The zero-order valence-corrected chi connectivity index (χ0v) is 13.7. The number of ether oxygens (including phenoxy) is 1. The average Bonchev–Trinajstić information content (AvgIpc) is 2.65.